The van der Waals surface area contributed by atoms with Crippen molar-refractivity contribution in [1.82, 2.24) is 14.9 Å². The monoisotopic (exact) mass is 580 g/mol. The van der Waals surface area contributed by atoms with E-state index in [1.54, 1.807) is 54.5 Å². The van der Waals surface area contributed by atoms with Crippen LogP contribution in [0.3, 0.4) is 0 Å². The summed E-state index contributed by atoms with van der Waals surface area (Å²) >= 11 is 0. The molecule has 0 atom stereocenters. The summed E-state index contributed by atoms with van der Waals surface area (Å²) in [7, 11) is 0. The number of pyridine rings is 1. The minimum absolute atomic E-state index is 0.0683. The van der Waals surface area contributed by atoms with Crippen LogP contribution >= 0.6 is 0 Å². The van der Waals surface area contributed by atoms with E-state index in [0.717, 1.165) is 22.9 Å². The maximum Gasteiger partial charge on any atom is 0.417 e. The number of amides is 2. The molecule has 0 bridgehead atoms. The van der Waals surface area contributed by atoms with Crippen LogP contribution in [-0.2, 0) is 25.8 Å². The highest BCUT2D eigenvalue weighted by molar-refractivity contribution is 6.07. The van der Waals surface area contributed by atoms with Gasteiger partial charge in [0.2, 0.25) is 0 Å². The summed E-state index contributed by atoms with van der Waals surface area (Å²) in [6.45, 7) is 2.64. The number of para-hydroxylation sites is 1. The average molecular weight is 581 g/mol. The summed E-state index contributed by atoms with van der Waals surface area (Å²) in [4.78, 5) is 32.9. The number of carbonyl (C=O) groups excluding carboxylic acids is 2. The number of aromatic nitrogens is 2. The van der Waals surface area contributed by atoms with Crippen LogP contribution in [0, 0.1) is 6.92 Å². The van der Waals surface area contributed by atoms with Crippen molar-refractivity contribution in [1.29, 1.82) is 0 Å². The largest absolute Gasteiger partial charge is 0.417 e. The van der Waals surface area contributed by atoms with Crippen molar-refractivity contribution >= 4 is 17.5 Å². The summed E-state index contributed by atoms with van der Waals surface area (Å²) in [5.74, 6) is -0.527. The van der Waals surface area contributed by atoms with Gasteiger partial charge in [-0.25, -0.2) is 0 Å². The standard InChI is InChI=1S/C34H27F3N4O2/c1-22-17-24(12-14-27(22)28-9-3-4-10-29(28)34(35,36)37)33(43)41-21-26-13-15-31(32(42)39-19-23-7-6-16-38-18-23)40(26)20-25-8-2-5-11-30(25)41/h2-18H,19-21H2,1H3,(H,39,42). The molecule has 0 spiro atoms. The molecule has 0 radical (unpaired) electrons. The van der Waals surface area contributed by atoms with Gasteiger partial charge >= 0.3 is 6.18 Å². The fraction of sp³-hybridized carbons (Fsp3) is 0.147. The van der Waals surface area contributed by atoms with Gasteiger partial charge in [0.15, 0.2) is 0 Å². The molecule has 5 aromatic rings. The number of aryl methyl sites for hydroxylation is 1. The predicted molar refractivity (Wildman–Crippen MR) is 158 cm³/mol. The third-order valence-corrected chi connectivity index (χ3v) is 7.65. The molecule has 0 aliphatic carbocycles. The van der Waals surface area contributed by atoms with E-state index in [-0.39, 0.29) is 23.9 Å². The molecule has 3 heterocycles. The summed E-state index contributed by atoms with van der Waals surface area (Å²) in [6, 6.07) is 25.0. The van der Waals surface area contributed by atoms with E-state index in [2.05, 4.69) is 10.3 Å². The van der Waals surface area contributed by atoms with E-state index in [1.807, 2.05) is 47.0 Å². The first-order valence-electron chi connectivity index (χ1n) is 13.7. The quantitative estimate of drug-likeness (QED) is 0.243. The molecule has 0 saturated heterocycles. The summed E-state index contributed by atoms with van der Waals surface area (Å²) < 4.78 is 43.0. The first-order chi connectivity index (χ1) is 20.7. The van der Waals surface area contributed by atoms with Gasteiger partial charge in [-0.2, -0.15) is 13.2 Å². The lowest BCUT2D eigenvalue weighted by molar-refractivity contribution is -0.137. The average Bonchev–Trinajstić information content (AvgIpc) is 3.32. The van der Waals surface area contributed by atoms with Crippen molar-refractivity contribution in [3.63, 3.8) is 0 Å². The normalized spacial score (nSPS) is 12.7. The minimum atomic E-state index is -4.50. The Balaban J connectivity index is 1.31. The molecule has 3 aromatic carbocycles. The molecule has 6 nitrogen and oxygen atoms in total. The second-order valence-corrected chi connectivity index (χ2v) is 10.4. The molecule has 1 aliphatic rings. The minimum Gasteiger partial charge on any atom is -0.347 e. The van der Waals surface area contributed by atoms with E-state index < -0.39 is 11.7 Å². The Labute approximate surface area is 246 Å². The van der Waals surface area contributed by atoms with Gasteiger partial charge in [-0.05, 0) is 77.2 Å². The zero-order chi connectivity index (χ0) is 30.1. The second kappa shape index (κ2) is 11.2. The number of nitrogens with one attached hydrogen (secondary N) is 1. The maximum absolute atomic E-state index is 14.0. The van der Waals surface area contributed by atoms with E-state index in [0.29, 0.717) is 41.2 Å². The van der Waals surface area contributed by atoms with Crippen LogP contribution in [0.15, 0.2) is 103 Å². The molecule has 1 N–H and O–H groups in total. The Morgan fingerprint density at radius 3 is 2.44 bits per heavy atom. The number of anilines is 1. The molecule has 1 aliphatic heterocycles. The van der Waals surface area contributed by atoms with Crippen molar-refractivity contribution in [2.75, 3.05) is 4.90 Å². The van der Waals surface area contributed by atoms with Crippen molar-refractivity contribution < 1.29 is 22.8 Å². The van der Waals surface area contributed by atoms with Gasteiger partial charge in [0.25, 0.3) is 11.8 Å². The van der Waals surface area contributed by atoms with Crippen LogP contribution in [-0.4, -0.2) is 21.4 Å². The lowest BCUT2D eigenvalue weighted by atomic mass is 9.94. The van der Waals surface area contributed by atoms with Crippen LogP contribution in [0.2, 0.25) is 0 Å². The number of rotatable bonds is 5. The molecule has 9 heteroatoms. The number of hydrogen-bond donors (Lipinski definition) is 1. The van der Waals surface area contributed by atoms with Crippen LogP contribution in [0.4, 0.5) is 18.9 Å². The topological polar surface area (TPSA) is 67.2 Å². The molecule has 2 amide bonds. The summed E-state index contributed by atoms with van der Waals surface area (Å²) in [5, 5.41) is 2.94. The van der Waals surface area contributed by atoms with Crippen molar-refractivity contribution in [3.05, 3.63) is 143 Å². The fourth-order valence-corrected chi connectivity index (χ4v) is 5.53. The molecule has 6 rings (SSSR count). The van der Waals surface area contributed by atoms with E-state index in [1.165, 1.54) is 12.1 Å². The number of benzene rings is 3. The molecule has 0 saturated carbocycles. The molecular weight excluding hydrogens is 553 g/mol. The van der Waals surface area contributed by atoms with E-state index in [9.17, 15) is 22.8 Å². The Morgan fingerprint density at radius 2 is 1.67 bits per heavy atom. The highest BCUT2D eigenvalue weighted by Gasteiger charge is 2.34. The highest BCUT2D eigenvalue weighted by atomic mass is 19.4. The van der Waals surface area contributed by atoms with Gasteiger partial charge < -0.3 is 14.8 Å². The molecule has 43 heavy (non-hydrogen) atoms. The number of hydrogen-bond acceptors (Lipinski definition) is 3. The summed E-state index contributed by atoms with van der Waals surface area (Å²) in [5.41, 5.74) is 4.38. The Morgan fingerprint density at radius 1 is 0.884 bits per heavy atom. The van der Waals surface area contributed by atoms with Gasteiger partial charge in [0.05, 0.1) is 18.7 Å². The molecule has 0 unspecified atom stereocenters. The number of halogens is 3. The van der Waals surface area contributed by atoms with E-state index >= 15 is 0 Å². The first kappa shape index (κ1) is 28.0. The number of fused-ring (bicyclic) bond motifs is 2. The summed E-state index contributed by atoms with van der Waals surface area (Å²) in [6.07, 6.45) is -1.13. The first-order valence-corrected chi connectivity index (χ1v) is 13.7. The third-order valence-electron chi connectivity index (χ3n) is 7.65. The van der Waals surface area contributed by atoms with Gasteiger partial charge in [-0.1, -0.05) is 48.5 Å². The van der Waals surface area contributed by atoms with Crippen LogP contribution < -0.4 is 10.2 Å². The highest BCUT2D eigenvalue weighted by Crippen LogP contribution is 2.38. The lowest BCUT2D eigenvalue weighted by Crippen LogP contribution is -2.31. The molecule has 0 fully saturated rings. The van der Waals surface area contributed by atoms with Crippen molar-refractivity contribution in [3.8, 4) is 11.1 Å². The Bertz CT molecular complexity index is 1830. The molecular formula is C34H27F3N4O2. The van der Waals surface area contributed by atoms with Gasteiger partial charge in [-0.15, -0.1) is 0 Å². The Hall–Kier alpha value is -5.18. The number of carbonyl (C=O) groups is 2. The molecule has 2 aromatic heterocycles. The lowest BCUT2D eigenvalue weighted by Gasteiger charge is -2.23. The zero-order valence-corrected chi connectivity index (χ0v) is 23.2. The SMILES string of the molecule is Cc1cc(C(=O)N2Cc3ccc(C(=O)NCc4cccnc4)n3Cc3ccccc32)ccc1-c1ccccc1C(F)(F)F. The number of nitrogens with zero attached hydrogens (tertiary/aromatic N) is 3. The van der Waals surface area contributed by atoms with Gasteiger partial charge in [0, 0.05) is 35.9 Å². The van der Waals surface area contributed by atoms with Crippen molar-refractivity contribution in [2.24, 2.45) is 0 Å². The zero-order valence-electron chi connectivity index (χ0n) is 23.2. The van der Waals surface area contributed by atoms with Crippen LogP contribution in [0.25, 0.3) is 11.1 Å². The predicted octanol–water partition coefficient (Wildman–Crippen LogP) is 7.02. The van der Waals surface area contributed by atoms with Crippen LogP contribution in [0.1, 0.15) is 48.8 Å². The smallest absolute Gasteiger partial charge is 0.347 e. The Kier molecular flexibility index (Phi) is 7.31. The van der Waals surface area contributed by atoms with Gasteiger partial charge in [-0.3, -0.25) is 14.6 Å². The van der Waals surface area contributed by atoms with Gasteiger partial charge in [0.1, 0.15) is 5.69 Å². The second-order valence-electron chi connectivity index (χ2n) is 10.4. The fourth-order valence-electron chi connectivity index (χ4n) is 5.53. The maximum atomic E-state index is 14.0. The number of alkyl halides is 3. The third kappa shape index (κ3) is 5.53. The van der Waals surface area contributed by atoms with Crippen molar-refractivity contribution in [2.45, 2.75) is 32.7 Å². The van der Waals surface area contributed by atoms with Crippen LogP contribution in [0.5, 0.6) is 0 Å². The van der Waals surface area contributed by atoms with E-state index in [4.69, 9.17) is 0 Å². The molecule has 216 valence electrons.